The molecule has 4 aliphatic carbocycles. The molecule has 4 fully saturated rings. The minimum atomic E-state index is 0.171. The Hall–Kier alpha value is -1.65. The van der Waals surface area contributed by atoms with Crippen molar-refractivity contribution in [3.63, 3.8) is 0 Å². The summed E-state index contributed by atoms with van der Waals surface area (Å²) in [5.74, 6) is 4.21. The summed E-state index contributed by atoms with van der Waals surface area (Å²) >= 11 is 0. The van der Waals surface area contributed by atoms with Crippen LogP contribution < -0.4 is 0 Å². The summed E-state index contributed by atoms with van der Waals surface area (Å²) < 4.78 is 8.14. The van der Waals surface area contributed by atoms with Crippen molar-refractivity contribution in [2.75, 3.05) is 0 Å². The van der Waals surface area contributed by atoms with E-state index in [4.69, 9.17) is 4.42 Å². The van der Waals surface area contributed by atoms with Gasteiger partial charge in [0.25, 0.3) is 5.89 Å². The van der Waals surface area contributed by atoms with Crippen molar-refractivity contribution in [2.45, 2.75) is 57.8 Å². The van der Waals surface area contributed by atoms with Gasteiger partial charge in [0.05, 0.1) is 11.3 Å². The van der Waals surface area contributed by atoms with Crippen LogP contribution in [-0.4, -0.2) is 20.0 Å². The lowest BCUT2D eigenvalue weighted by molar-refractivity contribution is -0.0176. The second-order valence-electron chi connectivity index (χ2n) is 8.28. The van der Waals surface area contributed by atoms with Crippen LogP contribution in [0, 0.1) is 31.6 Å². The number of rotatable bonds is 2. The topological polar surface area (TPSA) is 56.7 Å². The molecule has 0 aromatic carbocycles. The second kappa shape index (κ2) is 4.46. The summed E-state index contributed by atoms with van der Waals surface area (Å²) in [5.41, 5.74) is 3.23. The SMILES string of the molecule is Cc1nn(C)c(C)c1-c1nnc(C23CC4CC(CC(C4)C2)C3)o1. The molecule has 4 saturated carbocycles. The number of hydrogen-bond donors (Lipinski definition) is 0. The van der Waals surface area contributed by atoms with Crippen LogP contribution in [0.3, 0.4) is 0 Å². The molecule has 6 rings (SSSR count). The first kappa shape index (κ1) is 13.8. The Morgan fingerprint density at radius 3 is 2.13 bits per heavy atom. The van der Waals surface area contributed by atoms with Gasteiger partial charge in [0.15, 0.2) is 0 Å². The van der Waals surface area contributed by atoms with E-state index in [0.29, 0.717) is 5.89 Å². The van der Waals surface area contributed by atoms with Crippen LogP contribution >= 0.6 is 0 Å². The normalized spacial score (nSPS) is 35.2. The molecule has 0 amide bonds. The minimum absolute atomic E-state index is 0.171. The van der Waals surface area contributed by atoms with Gasteiger partial charge in [-0.25, -0.2) is 0 Å². The highest BCUT2D eigenvalue weighted by atomic mass is 16.4. The van der Waals surface area contributed by atoms with Crippen LogP contribution in [0.1, 0.15) is 55.8 Å². The van der Waals surface area contributed by atoms with E-state index in [9.17, 15) is 0 Å². The lowest BCUT2D eigenvalue weighted by Crippen LogP contribution is -2.48. The maximum atomic E-state index is 6.25. The molecule has 5 nitrogen and oxygen atoms in total. The van der Waals surface area contributed by atoms with E-state index in [1.54, 1.807) is 0 Å². The minimum Gasteiger partial charge on any atom is -0.420 e. The van der Waals surface area contributed by atoms with E-state index in [-0.39, 0.29) is 5.41 Å². The fourth-order valence-electron chi connectivity index (χ4n) is 5.99. The monoisotopic (exact) mass is 312 g/mol. The molecule has 2 aromatic heterocycles. The van der Waals surface area contributed by atoms with Crippen molar-refractivity contribution in [1.29, 1.82) is 0 Å². The predicted molar refractivity (Wildman–Crippen MR) is 85.8 cm³/mol. The van der Waals surface area contributed by atoms with Crippen molar-refractivity contribution >= 4 is 0 Å². The van der Waals surface area contributed by atoms with Crippen LogP contribution in [0.25, 0.3) is 11.5 Å². The zero-order valence-corrected chi connectivity index (χ0v) is 14.2. The van der Waals surface area contributed by atoms with Gasteiger partial charge in [0.2, 0.25) is 5.89 Å². The van der Waals surface area contributed by atoms with E-state index in [2.05, 4.69) is 22.2 Å². The number of hydrogen-bond acceptors (Lipinski definition) is 4. The summed E-state index contributed by atoms with van der Waals surface area (Å²) in [6.45, 7) is 4.07. The Bertz CT molecular complexity index is 737. The lowest BCUT2D eigenvalue weighted by atomic mass is 9.49. The fourth-order valence-corrected chi connectivity index (χ4v) is 5.99. The molecule has 0 aliphatic heterocycles. The van der Waals surface area contributed by atoms with Gasteiger partial charge in [-0.15, -0.1) is 10.2 Å². The van der Waals surface area contributed by atoms with Gasteiger partial charge in [-0.05, 0) is 70.1 Å². The Kier molecular flexibility index (Phi) is 2.67. The molecule has 0 radical (unpaired) electrons. The molecule has 0 saturated heterocycles. The third kappa shape index (κ3) is 1.88. The van der Waals surface area contributed by atoms with Crippen LogP contribution in [0.4, 0.5) is 0 Å². The zero-order valence-electron chi connectivity index (χ0n) is 14.2. The summed E-state index contributed by atoms with van der Waals surface area (Å²) in [7, 11) is 1.96. The molecule has 122 valence electrons. The van der Waals surface area contributed by atoms with Crippen molar-refractivity contribution in [3.8, 4) is 11.5 Å². The van der Waals surface area contributed by atoms with E-state index in [1.807, 2.05) is 18.7 Å². The number of aryl methyl sites for hydroxylation is 2. The van der Waals surface area contributed by atoms with Crippen LogP contribution in [0.2, 0.25) is 0 Å². The third-order valence-electron chi connectivity index (χ3n) is 6.64. The van der Waals surface area contributed by atoms with Gasteiger partial charge in [-0.1, -0.05) is 0 Å². The van der Waals surface area contributed by atoms with Crippen LogP contribution in [0.5, 0.6) is 0 Å². The zero-order chi connectivity index (χ0) is 15.8. The molecule has 2 aromatic rings. The molecule has 2 heterocycles. The highest BCUT2D eigenvalue weighted by Crippen LogP contribution is 2.60. The number of nitrogens with zero attached hydrogens (tertiary/aromatic N) is 4. The summed E-state index contributed by atoms with van der Waals surface area (Å²) in [5, 5.41) is 13.4. The first-order chi connectivity index (χ1) is 11.0. The summed E-state index contributed by atoms with van der Waals surface area (Å²) in [4.78, 5) is 0. The van der Waals surface area contributed by atoms with Gasteiger partial charge < -0.3 is 4.42 Å². The maximum absolute atomic E-state index is 6.25. The molecule has 4 bridgehead atoms. The van der Waals surface area contributed by atoms with Gasteiger partial charge in [-0.2, -0.15) is 5.10 Å². The standard InChI is InChI=1S/C18H24N4O/c1-10-15(11(2)22(3)21-10)16-19-20-17(23-16)18-7-12-4-13(8-18)6-14(5-12)9-18/h12-14H,4-9H2,1-3H3. The molecular weight excluding hydrogens is 288 g/mol. The van der Waals surface area contributed by atoms with Crippen molar-refractivity contribution in [1.82, 2.24) is 20.0 Å². The summed E-state index contributed by atoms with van der Waals surface area (Å²) in [6, 6.07) is 0. The highest BCUT2D eigenvalue weighted by Gasteiger charge is 2.54. The molecule has 0 unspecified atom stereocenters. The quantitative estimate of drug-likeness (QED) is 0.851. The Morgan fingerprint density at radius 1 is 1.00 bits per heavy atom. The molecule has 0 spiro atoms. The smallest absolute Gasteiger partial charge is 0.251 e. The second-order valence-corrected chi connectivity index (χ2v) is 8.28. The lowest BCUT2D eigenvalue weighted by Gasteiger charge is -2.55. The van der Waals surface area contributed by atoms with E-state index in [1.165, 1.54) is 38.5 Å². The van der Waals surface area contributed by atoms with Gasteiger partial charge in [0, 0.05) is 18.2 Å². The predicted octanol–water partition coefficient (Wildman–Crippen LogP) is 3.55. The summed E-state index contributed by atoms with van der Waals surface area (Å²) in [6.07, 6.45) is 8.06. The average molecular weight is 312 g/mol. The van der Waals surface area contributed by atoms with Gasteiger partial charge in [0.1, 0.15) is 0 Å². The van der Waals surface area contributed by atoms with Gasteiger partial charge in [-0.3, -0.25) is 4.68 Å². The maximum Gasteiger partial charge on any atom is 0.251 e. The molecular formula is C18H24N4O. The van der Waals surface area contributed by atoms with Crippen LogP contribution in [0.15, 0.2) is 4.42 Å². The Balaban J connectivity index is 1.55. The van der Waals surface area contributed by atoms with Gasteiger partial charge >= 0.3 is 0 Å². The number of aromatic nitrogens is 4. The van der Waals surface area contributed by atoms with Crippen molar-refractivity contribution in [2.24, 2.45) is 24.8 Å². The first-order valence-electron chi connectivity index (χ1n) is 8.88. The molecule has 5 heteroatoms. The molecule has 23 heavy (non-hydrogen) atoms. The van der Waals surface area contributed by atoms with Crippen LogP contribution in [-0.2, 0) is 12.5 Å². The van der Waals surface area contributed by atoms with E-state index >= 15 is 0 Å². The van der Waals surface area contributed by atoms with E-state index < -0.39 is 0 Å². The van der Waals surface area contributed by atoms with E-state index in [0.717, 1.165) is 40.6 Å². The first-order valence-corrected chi connectivity index (χ1v) is 8.88. The van der Waals surface area contributed by atoms with Crippen molar-refractivity contribution in [3.05, 3.63) is 17.3 Å². The largest absolute Gasteiger partial charge is 0.420 e. The van der Waals surface area contributed by atoms with Crippen molar-refractivity contribution < 1.29 is 4.42 Å². The average Bonchev–Trinajstić information content (AvgIpc) is 3.04. The Labute approximate surface area is 136 Å². The molecule has 0 N–H and O–H groups in total. The fraction of sp³-hybridized carbons (Fsp3) is 0.722. The highest BCUT2D eigenvalue weighted by molar-refractivity contribution is 5.59. The molecule has 0 atom stereocenters. The molecule has 4 aliphatic rings. The third-order valence-corrected chi connectivity index (χ3v) is 6.64. The Morgan fingerprint density at radius 2 is 1.61 bits per heavy atom.